The fraction of sp³-hybridized carbons (Fsp3) is 0.200. The van der Waals surface area contributed by atoms with Crippen LogP contribution in [0.3, 0.4) is 0 Å². The average Bonchev–Trinajstić information content (AvgIpc) is 2.55. The highest BCUT2D eigenvalue weighted by Gasteiger charge is 2.55. The van der Waals surface area contributed by atoms with Gasteiger partial charge in [-0.05, 0) is 43.3 Å². The number of hydrogen-bond acceptors (Lipinski definition) is 5. The Kier molecular flexibility index (Phi) is 4.87. The summed E-state index contributed by atoms with van der Waals surface area (Å²) in [5, 5.41) is 11.2. The van der Waals surface area contributed by atoms with E-state index in [1.807, 2.05) is 5.32 Å². The molecule has 2 aromatic rings. The predicted octanol–water partition coefficient (Wildman–Crippen LogP) is 2.17. The van der Waals surface area contributed by atoms with E-state index in [4.69, 9.17) is 0 Å². The lowest BCUT2D eigenvalue weighted by Gasteiger charge is -2.24. The van der Waals surface area contributed by atoms with Crippen molar-refractivity contribution in [1.82, 2.24) is 4.98 Å². The van der Waals surface area contributed by atoms with E-state index in [9.17, 15) is 31.5 Å². The van der Waals surface area contributed by atoms with E-state index in [2.05, 4.69) is 4.98 Å². The molecule has 1 aromatic carbocycles. The Hall–Kier alpha value is -2.46. The Bertz CT molecular complexity index is 864. The third-order valence-electron chi connectivity index (χ3n) is 3.38. The van der Waals surface area contributed by atoms with Crippen molar-refractivity contribution in [2.75, 3.05) is 5.32 Å². The van der Waals surface area contributed by atoms with Crippen LogP contribution in [0.5, 0.6) is 0 Å². The smallest absolute Gasteiger partial charge is 0.373 e. The number of aromatic nitrogens is 1. The molecule has 1 amide bonds. The molecule has 2 rings (SSSR count). The minimum atomic E-state index is -5.15. The molecule has 134 valence electrons. The second kappa shape index (κ2) is 6.45. The molecule has 10 heteroatoms. The Balaban J connectivity index is 2.23. The zero-order valence-corrected chi connectivity index (χ0v) is 13.6. The summed E-state index contributed by atoms with van der Waals surface area (Å²) in [7, 11) is -3.82. The maximum absolute atomic E-state index is 12.6. The van der Waals surface area contributed by atoms with Crippen molar-refractivity contribution < 1.29 is 31.5 Å². The molecule has 0 aliphatic heterocycles. The number of pyridine rings is 1. The Morgan fingerprint density at radius 1 is 1.04 bits per heavy atom. The number of nitrogens with zero attached hydrogens (tertiary/aromatic N) is 1. The van der Waals surface area contributed by atoms with Crippen molar-refractivity contribution in [3.63, 3.8) is 0 Å². The summed E-state index contributed by atoms with van der Waals surface area (Å²) >= 11 is 0. The summed E-state index contributed by atoms with van der Waals surface area (Å²) in [5.74, 6) is -1.68. The number of alkyl halides is 3. The number of carbonyl (C=O) groups is 1. The summed E-state index contributed by atoms with van der Waals surface area (Å²) < 4.78 is 62.5. The van der Waals surface area contributed by atoms with Crippen LogP contribution in [-0.4, -0.2) is 36.2 Å². The number of halogens is 3. The Morgan fingerprint density at radius 2 is 1.52 bits per heavy atom. The van der Waals surface area contributed by atoms with Gasteiger partial charge in [-0.2, -0.15) is 13.2 Å². The number of amides is 1. The van der Waals surface area contributed by atoms with Gasteiger partial charge in [-0.15, -0.1) is 0 Å². The third-order valence-corrected chi connectivity index (χ3v) is 5.16. The zero-order chi connectivity index (χ0) is 18.9. The van der Waals surface area contributed by atoms with E-state index in [1.54, 1.807) is 0 Å². The molecule has 1 atom stereocenters. The van der Waals surface area contributed by atoms with Crippen LogP contribution < -0.4 is 5.32 Å². The number of aliphatic hydroxyl groups is 1. The van der Waals surface area contributed by atoms with Gasteiger partial charge >= 0.3 is 6.18 Å². The maximum Gasteiger partial charge on any atom is 0.426 e. The summed E-state index contributed by atoms with van der Waals surface area (Å²) in [6.07, 6.45) is -2.54. The lowest BCUT2D eigenvalue weighted by Crippen LogP contribution is -2.52. The summed E-state index contributed by atoms with van der Waals surface area (Å²) in [5.41, 5.74) is -3.67. The third kappa shape index (κ3) is 3.80. The monoisotopic (exact) mass is 374 g/mol. The van der Waals surface area contributed by atoms with E-state index < -0.39 is 27.5 Å². The first-order valence-electron chi connectivity index (χ1n) is 6.82. The first kappa shape index (κ1) is 18.9. The van der Waals surface area contributed by atoms with Gasteiger partial charge in [0.25, 0.3) is 5.91 Å². The highest BCUT2D eigenvalue weighted by Crippen LogP contribution is 2.31. The van der Waals surface area contributed by atoms with E-state index in [0.717, 1.165) is 24.3 Å². The quantitative estimate of drug-likeness (QED) is 0.855. The number of hydrogen-bond donors (Lipinski definition) is 2. The first-order chi connectivity index (χ1) is 11.5. The van der Waals surface area contributed by atoms with Crippen LogP contribution in [0, 0.1) is 0 Å². The molecule has 0 saturated heterocycles. The van der Waals surface area contributed by atoms with Crippen molar-refractivity contribution in [3.8, 4) is 0 Å². The number of carbonyl (C=O) groups excluding carboxylic acids is 1. The van der Waals surface area contributed by atoms with Crippen LogP contribution >= 0.6 is 0 Å². The van der Waals surface area contributed by atoms with Crippen LogP contribution in [-0.2, 0) is 14.6 Å². The lowest BCUT2D eigenvalue weighted by molar-refractivity contribution is -0.242. The van der Waals surface area contributed by atoms with E-state index >= 15 is 0 Å². The molecule has 1 aromatic heterocycles. The highest BCUT2D eigenvalue weighted by atomic mass is 32.2. The fourth-order valence-corrected chi connectivity index (χ4v) is 3.00. The summed E-state index contributed by atoms with van der Waals surface area (Å²) in [6, 6.07) is 7.11. The van der Waals surface area contributed by atoms with Crippen LogP contribution in [0.25, 0.3) is 0 Å². The fourth-order valence-electron chi connectivity index (χ4n) is 1.75. The summed E-state index contributed by atoms with van der Waals surface area (Å²) in [4.78, 5) is 15.2. The normalized spacial score (nSPS) is 14.6. The average molecular weight is 374 g/mol. The van der Waals surface area contributed by atoms with Gasteiger partial charge in [0.2, 0.25) is 15.4 Å². The minimum absolute atomic E-state index is 0.000657. The van der Waals surface area contributed by atoms with Crippen LogP contribution in [0.4, 0.5) is 18.9 Å². The molecule has 0 aliphatic rings. The summed E-state index contributed by atoms with van der Waals surface area (Å²) in [6.45, 7) is 0.324. The Morgan fingerprint density at radius 3 is 2.00 bits per heavy atom. The van der Waals surface area contributed by atoms with Crippen molar-refractivity contribution in [2.24, 2.45) is 0 Å². The highest BCUT2D eigenvalue weighted by molar-refractivity contribution is 7.91. The topological polar surface area (TPSA) is 96.4 Å². The number of anilines is 1. The lowest BCUT2D eigenvalue weighted by atomic mass is 10.1. The number of sulfone groups is 1. The van der Waals surface area contributed by atoms with Crippen molar-refractivity contribution in [2.45, 2.75) is 28.5 Å². The van der Waals surface area contributed by atoms with Crippen LogP contribution in [0.15, 0.2) is 58.6 Å². The molecular formula is C15H13F3N2O4S. The molecule has 25 heavy (non-hydrogen) atoms. The van der Waals surface area contributed by atoms with Crippen LogP contribution in [0.2, 0.25) is 0 Å². The second-order valence-electron chi connectivity index (χ2n) is 5.23. The van der Waals surface area contributed by atoms with Gasteiger partial charge in [0, 0.05) is 18.1 Å². The number of nitrogens with one attached hydrogen (secondary N) is 1. The van der Waals surface area contributed by atoms with Crippen LogP contribution in [0.1, 0.15) is 6.92 Å². The molecule has 6 nitrogen and oxygen atoms in total. The molecular weight excluding hydrogens is 361 g/mol. The number of benzene rings is 1. The van der Waals surface area contributed by atoms with E-state index in [-0.39, 0.29) is 15.5 Å². The van der Waals surface area contributed by atoms with Gasteiger partial charge in [0.15, 0.2) is 0 Å². The van der Waals surface area contributed by atoms with Gasteiger partial charge in [-0.1, -0.05) is 0 Å². The largest absolute Gasteiger partial charge is 0.426 e. The molecule has 0 saturated carbocycles. The molecule has 1 heterocycles. The molecule has 2 N–H and O–H groups in total. The molecule has 0 spiro atoms. The SMILES string of the molecule is C[C@@](O)(C(=O)Nc1ccc(S(=O)(=O)c2ccncc2)cc1)C(F)(F)F. The molecule has 0 bridgehead atoms. The molecule has 0 aliphatic carbocycles. The molecule has 0 fully saturated rings. The zero-order valence-electron chi connectivity index (χ0n) is 12.8. The van der Waals surface area contributed by atoms with Crippen molar-refractivity contribution in [3.05, 3.63) is 48.8 Å². The molecule has 0 radical (unpaired) electrons. The van der Waals surface area contributed by atoms with Crippen molar-refractivity contribution >= 4 is 21.4 Å². The Labute approximate surface area is 141 Å². The van der Waals surface area contributed by atoms with Gasteiger partial charge < -0.3 is 10.4 Å². The van der Waals surface area contributed by atoms with Gasteiger partial charge in [-0.3, -0.25) is 9.78 Å². The first-order valence-corrected chi connectivity index (χ1v) is 8.30. The van der Waals surface area contributed by atoms with Gasteiger partial charge in [0.1, 0.15) is 0 Å². The maximum atomic E-state index is 12.6. The predicted molar refractivity (Wildman–Crippen MR) is 81.4 cm³/mol. The second-order valence-corrected chi connectivity index (χ2v) is 7.18. The minimum Gasteiger partial charge on any atom is -0.373 e. The molecule has 0 unspecified atom stereocenters. The standard InChI is InChI=1S/C15H13F3N2O4S/c1-14(22,15(16,17)18)13(21)20-10-2-4-11(5-3-10)25(23,24)12-6-8-19-9-7-12/h2-9,22H,1H3,(H,20,21)/t14-/m1/s1. The van der Waals surface area contributed by atoms with E-state index in [1.165, 1.54) is 24.5 Å². The van der Waals surface area contributed by atoms with Crippen molar-refractivity contribution in [1.29, 1.82) is 0 Å². The van der Waals surface area contributed by atoms with E-state index in [0.29, 0.717) is 6.92 Å². The van der Waals surface area contributed by atoms with Gasteiger partial charge in [-0.25, -0.2) is 8.42 Å². The number of rotatable bonds is 4. The van der Waals surface area contributed by atoms with Gasteiger partial charge in [0.05, 0.1) is 9.79 Å².